The molecule has 0 saturated heterocycles. The van der Waals surface area contributed by atoms with E-state index < -0.39 is 23.0 Å². The monoisotopic (exact) mass is 520 g/mol. The van der Waals surface area contributed by atoms with Crippen molar-refractivity contribution in [1.82, 2.24) is 25.1 Å². The lowest BCUT2D eigenvalue weighted by molar-refractivity contribution is -0.138. The summed E-state index contributed by atoms with van der Waals surface area (Å²) in [7, 11) is 0. The second-order valence-corrected chi connectivity index (χ2v) is 8.17. The summed E-state index contributed by atoms with van der Waals surface area (Å²) in [6.07, 6.45) is 6.87. The molecule has 0 aliphatic carbocycles. The minimum Gasteiger partial charge on any atom is -0.397 e. The van der Waals surface area contributed by atoms with Gasteiger partial charge >= 0.3 is 6.18 Å². The Kier molecular flexibility index (Phi) is 10.5. The molecule has 0 atom stereocenters. The number of carbonyl (C=O) groups excluding carboxylic acids is 1. The number of nitrogens with zero attached hydrogens (tertiary/aromatic N) is 4. The number of hydrogen-bond acceptors (Lipinski definition) is 6. The van der Waals surface area contributed by atoms with Crippen molar-refractivity contribution in [1.29, 1.82) is 0 Å². The molecule has 198 valence electrons. The maximum absolute atomic E-state index is 14.3. The molecule has 3 aromatic rings. The first-order valence-corrected chi connectivity index (χ1v) is 11.4. The number of amides is 1. The summed E-state index contributed by atoms with van der Waals surface area (Å²) in [5.74, 6) is 0.00151. The molecule has 8 nitrogen and oxygen atoms in total. The number of aromatic amines is 1. The van der Waals surface area contributed by atoms with E-state index in [2.05, 4.69) is 22.0 Å². The third-order valence-electron chi connectivity index (χ3n) is 5.15. The van der Waals surface area contributed by atoms with Gasteiger partial charge in [0.15, 0.2) is 5.82 Å². The van der Waals surface area contributed by atoms with Gasteiger partial charge in [0.2, 0.25) is 6.41 Å². The number of carbonyl (C=O) groups is 1. The Bertz CT molecular complexity index is 1270. The lowest BCUT2D eigenvalue weighted by atomic mass is 10.0. The Morgan fingerprint density at radius 2 is 1.78 bits per heavy atom. The van der Waals surface area contributed by atoms with Crippen LogP contribution in [0, 0.1) is 19.7 Å². The van der Waals surface area contributed by atoms with Gasteiger partial charge in [-0.25, -0.2) is 19.5 Å². The molecule has 0 aliphatic rings. The molecule has 0 unspecified atom stereocenters. The van der Waals surface area contributed by atoms with Crippen LogP contribution >= 0.6 is 0 Å². The largest absolute Gasteiger partial charge is 0.423 e. The third kappa shape index (κ3) is 8.51. The third-order valence-corrected chi connectivity index (χ3v) is 5.15. The SMILES string of the molecule is CCCCCN(C=O)/C=C\c1cc(-c2ncc(C)cn2)c(F)cc1C.Nc1cn[nH]c(=O)c1C(F)(F)F. The van der Waals surface area contributed by atoms with Gasteiger partial charge in [0.25, 0.3) is 5.56 Å². The number of unbranched alkanes of at least 4 members (excludes halogenated alkanes) is 2. The van der Waals surface area contributed by atoms with E-state index in [9.17, 15) is 27.2 Å². The van der Waals surface area contributed by atoms with Crippen molar-refractivity contribution >= 4 is 18.2 Å². The fourth-order valence-electron chi connectivity index (χ4n) is 3.16. The molecule has 3 rings (SSSR count). The first-order valence-electron chi connectivity index (χ1n) is 11.4. The number of rotatable bonds is 8. The lowest BCUT2D eigenvalue weighted by Gasteiger charge is -2.12. The molecular weight excluding hydrogens is 492 g/mol. The minimum absolute atomic E-state index is 0.353. The number of halogens is 4. The molecule has 0 aliphatic heterocycles. The Hall–Kier alpha value is -4.09. The Morgan fingerprint density at radius 1 is 1.11 bits per heavy atom. The van der Waals surface area contributed by atoms with Gasteiger partial charge in [0, 0.05) is 25.1 Å². The van der Waals surface area contributed by atoms with Crippen molar-refractivity contribution in [3.63, 3.8) is 0 Å². The fourth-order valence-corrected chi connectivity index (χ4v) is 3.16. The topological polar surface area (TPSA) is 118 Å². The highest BCUT2D eigenvalue weighted by atomic mass is 19.4. The standard InChI is InChI=1S/C20H24FN3O.C5H4F3N3O/c1-4-5-6-8-24(14-25)9-7-17-11-18(19(21)10-16(17)3)20-22-12-15(2)13-23-20;6-5(7,8)3-2(9)1-10-11-4(3)12/h7,9-14H,4-6,8H2,1-3H3;1H,(H3,9,11,12)/b9-7-;. The quantitative estimate of drug-likeness (QED) is 0.248. The molecule has 0 fully saturated rings. The first-order chi connectivity index (χ1) is 17.5. The van der Waals surface area contributed by atoms with E-state index >= 15 is 0 Å². The zero-order valence-electron chi connectivity index (χ0n) is 20.6. The van der Waals surface area contributed by atoms with Crippen LogP contribution in [-0.4, -0.2) is 38.0 Å². The zero-order valence-corrected chi connectivity index (χ0v) is 20.6. The van der Waals surface area contributed by atoms with Crippen LogP contribution in [0.5, 0.6) is 0 Å². The molecule has 0 spiro atoms. The van der Waals surface area contributed by atoms with Crippen molar-refractivity contribution in [2.45, 2.75) is 46.2 Å². The second kappa shape index (κ2) is 13.3. The number of H-pyrrole nitrogens is 1. The maximum atomic E-state index is 14.3. The summed E-state index contributed by atoms with van der Waals surface area (Å²) < 4.78 is 50.3. The van der Waals surface area contributed by atoms with Gasteiger partial charge in [-0.1, -0.05) is 19.8 Å². The van der Waals surface area contributed by atoms with Crippen LogP contribution in [0.15, 0.2) is 41.7 Å². The number of nitrogens with two attached hydrogens (primary N) is 1. The molecule has 37 heavy (non-hydrogen) atoms. The van der Waals surface area contributed by atoms with E-state index in [0.29, 0.717) is 17.9 Å². The summed E-state index contributed by atoms with van der Waals surface area (Å²) in [6.45, 7) is 6.53. The Morgan fingerprint density at radius 3 is 2.32 bits per heavy atom. The van der Waals surface area contributed by atoms with Gasteiger partial charge in [0.1, 0.15) is 11.4 Å². The van der Waals surface area contributed by atoms with Crippen molar-refractivity contribution in [3.05, 3.63) is 75.3 Å². The number of hydrogen-bond donors (Lipinski definition) is 2. The predicted molar refractivity (Wildman–Crippen MR) is 133 cm³/mol. The van der Waals surface area contributed by atoms with Crippen LogP contribution in [0.4, 0.5) is 23.2 Å². The van der Waals surface area contributed by atoms with Crippen LogP contribution in [0.2, 0.25) is 0 Å². The van der Waals surface area contributed by atoms with Crippen LogP contribution < -0.4 is 11.3 Å². The highest BCUT2D eigenvalue weighted by molar-refractivity contribution is 5.66. The molecule has 0 bridgehead atoms. The average Bonchev–Trinajstić information content (AvgIpc) is 2.82. The number of benzene rings is 1. The van der Waals surface area contributed by atoms with Gasteiger partial charge in [-0.05, 0) is 55.2 Å². The molecule has 1 amide bonds. The number of anilines is 1. The maximum Gasteiger partial charge on any atom is 0.423 e. The van der Waals surface area contributed by atoms with Crippen LogP contribution in [0.3, 0.4) is 0 Å². The Balaban J connectivity index is 0.000000335. The summed E-state index contributed by atoms with van der Waals surface area (Å²) in [4.78, 5) is 31.8. The zero-order chi connectivity index (χ0) is 27.6. The van der Waals surface area contributed by atoms with E-state index in [4.69, 9.17) is 5.73 Å². The second-order valence-electron chi connectivity index (χ2n) is 8.17. The van der Waals surface area contributed by atoms with Gasteiger partial charge in [-0.15, -0.1) is 0 Å². The number of nitrogens with one attached hydrogen (secondary N) is 1. The molecule has 12 heteroatoms. The van der Waals surface area contributed by atoms with Crippen molar-refractivity contribution in [2.24, 2.45) is 0 Å². The van der Waals surface area contributed by atoms with Crippen LogP contribution in [-0.2, 0) is 11.0 Å². The van der Waals surface area contributed by atoms with Crippen LogP contribution in [0.25, 0.3) is 17.5 Å². The first kappa shape index (κ1) is 29.1. The van der Waals surface area contributed by atoms with Gasteiger partial charge in [-0.2, -0.15) is 18.3 Å². The number of nitrogen functional groups attached to an aromatic ring is 1. The van der Waals surface area contributed by atoms with E-state index in [1.165, 1.54) is 6.07 Å². The lowest BCUT2D eigenvalue weighted by Crippen LogP contribution is -2.24. The van der Waals surface area contributed by atoms with E-state index in [-0.39, 0.29) is 5.82 Å². The average molecular weight is 521 g/mol. The summed E-state index contributed by atoms with van der Waals surface area (Å²) in [5, 5.41) is 4.74. The summed E-state index contributed by atoms with van der Waals surface area (Å²) in [6, 6.07) is 3.20. The summed E-state index contributed by atoms with van der Waals surface area (Å²) >= 11 is 0. The van der Waals surface area contributed by atoms with E-state index in [0.717, 1.165) is 48.6 Å². The van der Waals surface area contributed by atoms with Crippen molar-refractivity contribution in [3.8, 4) is 11.4 Å². The fraction of sp³-hybridized carbons (Fsp3) is 0.320. The normalized spacial score (nSPS) is 11.2. The molecular formula is C25H28F4N6O2. The number of aromatic nitrogens is 4. The molecule has 2 aromatic heterocycles. The van der Waals surface area contributed by atoms with Crippen LogP contribution in [0.1, 0.15) is 48.4 Å². The highest BCUT2D eigenvalue weighted by Crippen LogP contribution is 2.29. The van der Waals surface area contributed by atoms with E-state index in [1.807, 2.05) is 19.9 Å². The van der Waals surface area contributed by atoms with E-state index in [1.54, 1.807) is 34.7 Å². The molecule has 1 aromatic carbocycles. The number of aryl methyl sites for hydroxylation is 2. The van der Waals surface area contributed by atoms with Crippen molar-refractivity contribution < 1.29 is 22.4 Å². The van der Waals surface area contributed by atoms with Gasteiger partial charge in [0.05, 0.1) is 17.4 Å². The smallest absolute Gasteiger partial charge is 0.397 e. The highest BCUT2D eigenvalue weighted by Gasteiger charge is 2.36. The molecule has 0 radical (unpaired) electrons. The van der Waals surface area contributed by atoms with Crippen molar-refractivity contribution in [2.75, 3.05) is 12.3 Å². The number of alkyl halides is 3. The molecule has 3 N–H and O–H groups in total. The van der Waals surface area contributed by atoms with Gasteiger partial charge in [-0.3, -0.25) is 9.59 Å². The predicted octanol–water partition coefficient (Wildman–Crippen LogP) is 4.89. The summed E-state index contributed by atoms with van der Waals surface area (Å²) in [5.41, 5.74) is 4.40. The van der Waals surface area contributed by atoms with Gasteiger partial charge < -0.3 is 10.6 Å². The minimum atomic E-state index is -4.74. The molecule has 0 saturated carbocycles. The molecule has 2 heterocycles. The Labute approximate surface area is 211 Å².